The minimum Gasteiger partial charge on any atom is -0.481 e. The largest absolute Gasteiger partial charge is 0.481 e. The molecule has 0 spiro atoms. The first-order chi connectivity index (χ1) is 8.33. The molecule has 0 amide bonds. The Labute approximate surface area is 101 Å². The zero-order chi connectivity index (χ0) is 12.1. The third-order valence-electron chi connectivity index (χ3n) is 2.98. The second-order valence-electron chi connectivity index (χ2n) is 4.04. The van der Waals surface area contributed by atoms with E-state index in [-0.39, 0.29) is 0 Å². The van der Waals surface area contributed by atoms with Gasteiger partial charge in [-0.25, -0.2) is 9.97 Å². The van der Waals surface area contributed by atoms with Crippen molar-refractivity contribution in [2.75, 3.05) is 51.3 Å². The number of anilines is 1. The van der Waals surface area contributed by atoms with Crippen LogP contribution in [0.2, 0.25) is 0 Å². The number of nitrogens with zero attached hydrogens (tertiary/aromatic N) is 4. The Hall–Kier alpha value is -1.40. The predicted molar refractivity (Wildman–Crippen MR) is 66.3 cm³/mol. The summed E-state index contributed by atoms with van der Waals surface area (Å²) in [7, 11) is 1.62. The Morgan fingerprint density at radius 1 is 1.29 bits per heavy atom. The van der Waals surface area contributed by atoms with Crippen LogP contribution in [0.5, 0.6) is 5.88 Å². The van der Waals surface area contributed by atoms with E-state index in [1.54, 1.807) is 13.4 Å². The Morgan fingerprint density at radius 2 is 2.06 bits per heavy atom. The van der Waals surface area contributed by atoms with Crippen LogP contribution in [-0.4, -0.2) is 61.2 Å². The topological polar surface area (TPSA) is 67.5 Å². The van der Waals surface area contributed by atoms with E-state index >= 15 is 0 Å². The van der Waals surface area contributed by atoms with E-state index in [9.17, 15) is 0 Å². The summed E-state index contributed by atoms with van der Waals surface area (Å²) in [6, 6.07) is 1.87. The van der Waals surface area contributed by atoms with Crippen LogP contribution in [0.15, 0.2) is 12.4 Å². The monoisotopic (exact) mass is 237 g/mol. The molecule has 6 nitrogen and oxygen atoms in total. The summed E-state index contributed by atoms with van der Waals surface area (Å²) < 4.78 is 5.10. The molecule has 2 N–H and O–H groups in total. The van der Waals surface area contributed by atoms with Gasteiger partial charge in [0.05, 0.1) is 7.11 Å². The number of nitrogens with two attached hydrogens (primary N) is 1. The van der Waals surface area contributed by atoms with Crippen LogP contribution in [0.1, 0.15) is 0 Å². The molecular formula is C11H19N5O. The van der Waals surface area contributed by atoms with Gasteiger partial charge < -0.3 is 15.4 Å². The minimum absolute atomic E-state index is 0.611. The maximum Gasteiger partial charge on any atom is 0.218 e. The van der Waals surface area contributed by atoms with E-state index in [0.717, 1.165) is 45.1 Å². The van der Waals surface area contributed by atoms with E-state index in [0.29, 0.717) is 5.88 Å². The fourth-order valence-corrected chi connectivity index (χ4v) is 2.00. The van der Waals surface area contributed by atoms with Crippen LogP contribution in [-0.2, 0) is 0 Å². The smallest absolute Gasteiger partial charge is 0.218 e. The first-order valence-corrected chi connectivity index (χ1v) is 5.87. The second kappa shape index (κ2) is 5.79. The van der Waals surface area contributed by atoms with E-state index in [1.807, 2.05) is 6.07 Å². The molecule has 0 aliphatic carbocycles. The van der Waals surface area contributed by atoms with E-state index < -0.39 is 0 Å². The summed E-state index contributed by atoms with van der Waals surface area (Å²) in [5, 5.41) is 0. The van der Waals surface area contributed by atoms with Gasteiger partial charge in [0.15, 0.2) is 0 Å². The molecule has 17 heavy (non-hydrogen) atoms. The molecule has 1 aromatic heterocycles. The number of methoxy groups -OCH3 is 1. The lowest BCUT2D eigenvalue weighted by Gasteiger charge is -2.35. The molecule has 0 unspecified atom stereocenters. The molecule has 1 fully saturated rings. The number of ether oxygens (including phenoxy) is 1. The van der Waals surface area contributed by atoms with Crippen LogP contribution in [0.25, 0.3) is 0 Å². The molecule has 0 radical (unpaired) electrons. The number of piperazine rings is 1. The van der Waals surface area contributed by atoms with Crippen molar-refractivity contribution >= 4 is 5.82 Å². The van der Waals surface area contributed by atoms with Gasteiger partial charge in [0.25, 0.3) is 0 Å². The van der Waals surface area contributed by atoms with Crippen LogP contribution >= 0.6 is 0 Å². The van der Waals surface area contributed by atoms with Gasteiger partial charge in [-0.3, -0.25) is 4.90 Å². The summed E-state index contributed by atoms with van der Waals surface area (Å²) in [5.41, 5.74) is 5.55. The molecule has 0 atom stereocenters. The Morgan fingerprint density at radius 3 is 2.71 bits per heavy atom. The first kappa shape index (κ1) is 12.1. The minimum atomic E-state index is 0.611. The lowest BCUT2D eigenvalue weighted by atomic mass is 10.3. The highest BCUT2D eigenvalue weighted by Gasteiger charge is 2.17. The highest BCUT2D eigenvalue weighted by Crippen LogP contribution is 2.16. The SMILES string of the molecule is COc1cc(N2CCN(CCN)CC2)ncn1. The van der Waals surface area contributed by atoms with E-state index in [1.165, 1.54) is 0 Å². The number of hydrogen-bond acceptors (Lipinski definition) is 6. The van der Waals surface area contributed by atoms with Crippen molar-refractivity contribution in [1.29, 1.82) is 0 Å². The number of aromatic nitrogens is 2. The molecule has 1 aromatic rings. The van der Waals surface area contributed by atoms with Crippen molar-refractivity contribution in [3.63, 3.8) is 0 Å². The lowest BCUT2D eigenvalue weighted by molar-refractivity contribution is 0.264. The van der Waals surface area contributed by atoms with Crippen LogP contribution < -0.4 is 15.4 Å². The third-order valence-corrected chi connectivity index (χ3v) is 2.98. The van der Waals surface area contributed by atoms with Crippen molar-refractivity contribution in [2.24, 2.45) is 5.73 Å². The summed E-state index contributed by atoms with van der Waals surface area (Å²) in [4.78, 5) is 12.9. The van der Waals surface area contributed by atoms with Crippen LogP contribution in [0.4, 0.5) is 5.82 Å². The summed E-state index contributed by atoms with van der Waals surface area (Å²) >= 11 is 0. The first-order valence-electron chi connectivity index (χ1n) is 5.87. The molecular weight excluding hydrogens is 218 g/mol. The van der Waals surface area contributed by atoms with Crippen molar-refractivity contribution in [3.05, 3.63) is 12.4 Å². The van der Waals surface area contributed by atoms with Gasteiger partial charge in [-0.05, 0) is 0 Å². The standard InChI is InChI=1S/C11H19N5O/c1-17-11-8-10(13-9-14-11)16-6-4-15(3-2-12)5-7-16/h8-9H,2-7,12H2,1H3. The number of hydrogen-bond donors (Lipinski definition) is 1. The normalized spacial score (nSPS) is 17.2. The van der Waals surface area contributed by atoms with Crippen LogP contribution in [0, 0.1) is 0 Å². The summed E-state index contributed by atoms with van der Waals surface area (Å²) in [5.74, 6) is 1.55. The average Bonchev–Trinajstić information content (AvgIpc) is 2.40. The molecule has 0 bridgehead atoms. The maximum atomic E-state index is 5.55. The second-order valence-corrected chi connectivity index (χ2v) is 4.04. The quantitative estimate of drug-likeness (QED) is 0.766. The van der Waals surface area contributed by atoms with E-state index in [2.05, 4.69) is 19.8 Å². The van der Waals surface area contributed by atoms with Gasteiger partial charge in [-0.15, -0.1) is 0 Å². The Balaban J connectivity index is 1.95. The average molecular weight is 237 g/mol. The maximum absolute atomic E-state index is 5.55. The molecule has 2 heterocycles. The van der Waals surface area contributed by atoms with E-state index in [4.69, 9.17) is 10.5 Å². The molecule has 0 aromatic carbocycles. The highest BCUT2D eigenvalue weighted by molar-refractivity contribution is 5.41. The summed E-state index contributed by atoms with van der Waals surface area (Å²) in [6.07, 6.45) is 1.54. The van der Waals surface area contributed by atoms with Crippen LogP contribution in [0.3, 0.4) is 0 Å². The van der Waals surface area contributed by atoms with Crippen molar-refractivity contribution in [1.82, 2.24) is 14.9 Å². The van der Waals surface area contributed by atoms with Gasteiger partial charge in [0, 0.05) is 45.3 Å². The van der Waals surface area contributed by atoms with Crippen molar-refractivity contribution in [2.45, 2.75) is 0 Å². The molecule has 2 rings (SSSR count). The molecule has 1 aliphatic rings. The molecule has 6 heteroatoms. The third kappa shape index (κ3) is 3.04. The van der Waals surface area contributed by atoms with Gasteiger partial charge in [0.2, 0.25) is 5.88 Å². The fraction of sp³-hybridized carbons (Fsp3) is 0.636. The van der Waals surface area contributed by atoms with Gasteiger partial charge in [-0.2, -0.15) is 0 Å². The molecule has 0 saturated carbocycles. The molecule has 94 valence electrons. The summed E-state index contributed by atoms with van der Waals surface area (Å²) in [6.45, 7) is 5.70. The van der Waals surface area contributed by atoms with Gasteiger partial charge in [0.1, 0.15) is 12.1 Å². The Bertz CT molecular complexity index is 351. The van der Waals surface area contributed by atoms with Crippen molar-refractivity contribution < 1.29 is 4.74 Å². The zero-order valence-corrected chi connectivity index (χ0v) is 10.2. The van der Waals surface area contributed by atoms with Gasteiger partial charge >= 0.3 is 0 Å². The van der Waals surface area contributed by atoms with Gasteiger partial charge in [-0.1, -0.05) is 0 Å². The molecule has 1 saturated heterocycles. The lowest BCUT2D eigenvalue weighted by Crippen LogP contribution is -2.48. The fourth-order valence-electron chi connectivity index (χ4n) is 2.00. The number of rotatable bonds is 4. The molecule has 1 aliphatic heterocycles. The Kier molecular flexibility index (Phi) is 4.11. The zero-order valence-electron chi connectivity index (χ0n) is 10.2. The highest BCUT2D eigenvalue weighted by atomic mass is 16.5. The van der Waals surface area contributed by atoms with Crippen molar-refractivity contribution in [3.8, 4) is 5.88 Å². The predicted octanol–water partition coefficient (Wildman–Crippen LogP) is -0.434.